The first-order chi connectivity index (χ1) is 14.7. The highest BCUT2D eigenvalue weighted by atomic mass is 35.5. The lowest BCUT2D eigenvalue weighted by atomic mass is 10.0. The van der Waals surface area contributed by atoms with Crippen molar-refractivity contribution in [3.8, 4) is 0 Å². The van der Waals surface area contributed by atoms with Crippen molar-refractivity contribution in [2.45, 2.75) is 64.5 Å². The van der Waals surface area contributed by atoms with Gasteiger partial charge in [-0.05, 0) is 37.0 Å². The fraction of sp³-hybridized carbons (Fsp3) is 0.522. The third kappa shape index (κ3) is 4.53. The van der Waals surface area contributed by atoms with E-state index >= 15 is 0 Å². The molecule has 0 bridgehead atoms. The maximum absolute atomic E-state index is 13.5. The summed E-state index contributed by atoms with van der Waals surface area (Å²) in [5.41, 5.74) is 1.81. The van der Waals surface area contributed by atoms with Crippen LogP contribution in [0.4, 0.5) is 17.3 Å². The average Bonchev–Trinajstić information content (AvgIpc) is 3.03. The van der Waals surface area contributed by atoms with Gasteiger partial charge >= 0.3 is 0 Å². The molecule has 1 atom stereocenters. The number of unbranched alkanes of at least 4 members (excludes halogenated alkanes) is 1. The maximum atomic E-state index is 13.5. The number of carbonyl (C=O) groups is 1. The van der Waals surface area contributed by atoms with E-state index in [1.807, 2.05) is 29.2 Å². The van der Waals surface area contributed by atoms with E-state index in [1.54, 1.807) is 6.33 Å². The van der Waals surface area contributed by atoms with Gasteiger partial charge in [-0.1, -0.05) is 56.3 Å². The molecule has 2 aromatic rings. The molecule has 0 aliphatic carbocycles. The minimum absolute atomic E-state index is 0.0850. The van der Waals surface area contributed by atoms with Gasteiger partial charge in [0.25, 0.3) is 0 Å². The molecule has 4 rings (SSSR count). The first-order valence-corrected chi connectivity index (χ1v) is 11.5. The van der Waals surface area contributed by atoms with Crippen molar-refractivity contribution < 1.29 is 4.79 Å². The number of hydrogen-bond donors (Lipinski definition) is 1. The molecule has 0 radical (unpaired) electrons. The highest BCUT2D eigenvalue weighted by Gasteiger charge is 2.36. The van der Waals surface area contributed by atoms with Crippen molar-refractivity contribution in [3.05, 3.63) is 41.2 Å². The quantitative estimate of drug-likeness (QED) is 0.700. The lowest BCUT2D eigenvalue weighted by Crippen LogP contribution is -2.48. The molecule has 2 aliphatic heterocycles. The third-order valence-corrected chi connectivity index (χ3v) is 6.16. The van der Waals surface area contributed by atoms with Crippen LogP contribution in [0.25, 0.3) is 0 Å². The Bertz CT molecular complexity index is 882. The summed E-state index contributed by atoms with van der Waals surface area (Å²) in [5, 5.41) is 4.08. The van der Waals surface area contributed by atoms with Gasteiger partial charge in [0.2, 0.25) is 5.91 Å². The highest BCUT2D eigenvalue weighted by molar-refractivity contribution is 6.30. The van der Waals surface area contributed by atoms with Crippen molar-refractivity contribution in [2.24, 2.45) is 0 Å². The van der Waals surface area contributed by atoms with E-state index in [0.29, 0.717) is 11.6 Å². The molecule has 160 valence electrons. The molecular formula is C23H30ClN5O. The summed E-state index contributed by atoms with van der Waals surface area (Å²) in [7, 11) is 0. The molecule has 6 nitrogen and oxygen atoms in total. The summed E-state index contributed by atoms with van der Waals surface area (Å²) < 4.78 is 0. The van der Waals surface area contributed by atoms with Crippen LogP contribution in [-0.4, -0.2) is 35.0 Å². The van der Waals surface area contributed by atoms with Crippen LogP contribution in [0.3, 0.4) is 0 Å². The Morgan fingerprint density at radius 2 is 1.97 bits per heavy atom. The molecule has 1 aromatic carbocycles. The zero-order valence-electron chi connectivity index (χ0n) is 17.6. The van der Waals surface area contributed by atoms with E-state index < -0.39 is 0 Å². The Labute approximate surface area is 183 Å². The van der Waals surface area contributed by atoms with Crippen LogP contribution < -0.4 is 15.1 Å². The van der Waals surface area contributed by atoms with Crippen LogP contribution in [0, 0.1) is 0 Å². The molecule has 0 saturated carbocycles. The molecule has 7 heteroatoms. The number of hydrogen-bond acceptors (Lipinski definition) is 5. The normalized spacial score (nSPS) is 19.3. The molecule has 3 heterocycles. The second-order valence-electron chi connectivity index (χ2n) is 8.19. The predicted octanol–water partition coefficient (Wildman–Crippen LogP) is 5.03. The molecule has 1 saturated heterocycles. The van der Waals surface area contributed by atoms with Gasteiger partial charge in [0.15, 0.2) is 11.6 Å². The number of halogens is 1. The SMILES string of the molecule is CCCC[C@@H]1Nc2ncnc(N3CCCCCC3)c2N(Cc2cccc(Cl)c2)C1=O. The van der Waals surface area contributed by atoms with Gasteiger partial charge in [-0.15, -0.1) is 0 Å². The van der Waals surface area contributed by atoms with Gasteiger partial charge in [0.05, 0.1) is 6.54 Å². The smallest absolute Gasteiger partial charge is 0.250 e. The first-order valence-electron chi connectivity index (χ1n) is 11.1. The number of amides is 1. The fourth-order valence-electron chi connectivity index (χ4n) is 4.34. The van der Waals surface area contributed by atoms with Gasteiger partial charge in [-0.3, -0.25) is 9.69 Å². The molecule has 30 heavy (non-hydrogen) atoms. The van der Waals surface area contributed by atoms with E-state index in [0.717, 1.165) is 68.1 Å². The van der Waals surface area contributed by atoms with Crippen LogP contribution in [0.15, 0.2) is 30.6 Å². The summed E-state index contributed by atoms with van der Waals surface area (Å²) in [4.78, 5) is 26.9. The van der Waals surface area contributed by atoms with Crippen molar-refractivity contribution in [1.29, 1.82) is 0 Å². The van der Waals surface area contributed by atoms with Crippen LogP contribution in [0.2, 0.25) is 5.02 Å². The minimum Gasteiger partial charge on any atom is -0.356 e. The Morgan fingerprint density at radius 3 is 2.70 bits per heavy atom. The first kappa shape index (κ1) is 20.9. The van der Waals surface area contributed by atoms with Crippen LogP contribution >= 0.6 is 11.6 Å². The van der Waals surface area contributed by atoms with Gasteiger partial charge < -0.3 is 10.2 Å². The Kier molecular flexibility index (Phi) is 6.72. The van der Waals surface area contributed by atoms with E-state index in [9.17, 15) is 4.79 Å². The number of nitrogens with zero attached hydrogens (tertiary/aromatic N) is 4. The molecule has 1 aromatic heterocycles. The summed E-state index contributed by atoms with van der Waals surface area (Å²) >= 11 is 6.22. The Morgan fingerprint density at radius 1 is 1.17 bits per heavy atom. The molecule has 1 fully saturated rings. The van der Waals surface area contributed by atoms with Crippen molar-refractivity contribution in [3.63, 3.8) is 0 Å². The number of anilines is 3. The maximum Gasteiger partial charge on any atom is 0.250 e. The number of benzene rings is 1. The zero-order chi connectivity index (χ0) is 20.9. The third-order valence-electron chi connectivity index (χ3n) is 5.93. The van der Waals surface area contributed by atoms with E-state index in [-0.39, 0.29) is 11.9 Å². The Balaban J connectivity index is 1.73. The van der Waals surface area contributed by atoms with Crippen LogP contribution in [0.5, 0.6) is 0 Å². The standard InChI is InChI=1S/C23H30ClN5O/c1-2-3-11-19-23(30)29(15-17-9-8-10-18(24)14-17)20-21(27-19)25-16-26-22(20)28-12-6-4-5-7-13-28/h8-10,14,16,19H,2-7,11-13,15H2,1H3,(H,25,26,27)/t19-/m0/s1. The molecule has 1 N–H and O–H groups in total. The number of carbonyl (C=O) groups excluding carboxylic acids is 1. The van der Waals surface area contributed by atoms with Crippen LogP contribution in [0.1, 0.15) is 57.4 Å². The molecule has 0 unspecified atom stereocenters. The van der Waals surface area contributed by atoms with Crippen LogP contribution in [-0.2, 0) is 11.3 Å². The Hall–Kier alpha value is -2.34. The van der Waals surface area contributed by atoms with Gasteiger partial charge in [-0.2, -0.15) is 0 Å². The summed E-state index contributed by atoms with van der Waals surface area (Å²) in [6.45, 7) is 4.53. The van der Waals surface area contributed by atoms with Gasteiger partial charge in [0.1, 0.15) is 18.1 Å². The van der Waals surface area contributed by atoms with Crippen molar-refractivity contribution in [1.82, 2.24) is 9.97 Å². The molecular weight excluding hydrogens is 398 g/mol. The minimum atomic E-state index is -0.261. The van der Waals surface area contributed by atoms with Crippen molar-refractivity contribution >= 4 is 34.8 Å². The predicted molar refractivity (Wildman–Crippen MR) is 122 cm³/mol. The number of fused-ring (bicyclic) bond motifs is 1. The fourth-order valence-corrected chi connectivity index (χ4v) is 4.55. The largest absolute Gasteiger partial charge is 0.356 e. The lowest BCUT2D eigenvalue weighted by molar-refractivity contribution is -0.119. The van der Waals surface area contributed by atoms with E-state index in [1.165, 1.54) is 12.8 Å². The second-order valence-corrected chi connectivity index (χ2v) is 8.63. The molecule has 0 spiro atoms. The summed E-state index contributed by atoms with van der Waals surface area (Å²) in [6, 6.07) is 7.46. The van der Waals surface area contributed by atoms with E-state index in [4.69, 9.17) is 11.6 Å². The monoisotopic (exact) mass is 427 g/mol. The topological polar surface area (TPSA) is 61.4 Å². The zero-order valence-corrected chi connectivity index (χ0v) is 18.4. The molecule has 2 aliphatic rings. The molecule has 1 amide bonds. The number of aromatic nitrogens is 2. The van der Waals surface area contributed by atoms with Crippen molar-refractivity contribution in [2.75, 3.05) is 28.2 Å². The summed E-state index contributed by atoms with van der Waals surface area (Å²) in [6.07, 6.45) is 9.24. The number of nitrogens with one attached hydrogen (secondary N) is 1. The highest BCUT2D eigenvalue weighted by Crippen LogP contribution is 2.39. The summed E-state index contributed by atoms with van der Waals surface area (Å²) in [5.74, 6) is 1.70. The number of rotatable bonds is 6. The van der Waals surface area contributed by atoms with E-state index in [2.05, 4.69) is 27.1 Å². The second kappa shape index (κ2) is 9.65. The average molecular weight is 428 g/mol. The lowest BCUT2D eigenvalue weighted by Gasteiger charge is -2.37. The van der Waals surface area contributed by atoms with Gasteiger partial charge in [-0.25, -0.2) is 9.97 Å². The van der Waals surface area contributed by atoms with Gasteiger partial charge in [0, 0.05) is 18.1 Å².